The maximum atomic E-state index is 12.6. The standard InChI is InChI=1S/C19H20N2O4S/c1-4-7-21-16-6-5-13(10-17(16)26-19(21)23)20-18(22)12-8-14(24-2)11-15(9-12)25-3/h5-6,8-11H,4,7H2,1-3H3,(H,20,22). The number of nitrogens with zero attached hydrogens (tertiary/aromatic N) is 1. The number of aryl methyl sites for hydroxylation is 1. The van der Waals surface area contributed by atoms with Gasteiger partial charge in [-0.05, 0) is 36.8 Å². The zero-order valence-corrected chi connectivity index (χ0v) is 15.7. The summed E-state index contributed by atoms with van der Waals surface area (Å²) in [6.07, 6.45) is 0.891. The zero-order chi connectivity index (χ0) is 18.7. The molecule has 0 aliphatic rings. The van der Waals surface area contributed by atoms with Gasteiger partial charge in [-0.2, -0.15) is 0 Å². The van der Waals surface area contributed by atoms with Crippen LogP contribution in [0.5, 0.6) is 11.5 Å². The van der Waals surface area contributed by atoms with Crippen molar-refractivity contribution in [2.45, 2.75) is 19.9 Å². The number of hydrogen-bond acceptors (Lipinski definition) is 5. The number of carbonyl (C=O) groups excluding carboxylic acids is 1. The molecule has 3 rings (SSSR count). The van der Waals surface area contributed by atoms with Gasteiger partial charge in [-0.3, -0.25) is 14.2 Å². The van der Waals surface area contributed by atoms with E-state index < -0.39 is 0 Å². The average Bonchev–Trinajstić information content (AvgIpc) is 2.96. The second-order valence-corrected chi connectivity index (χ2v) is 6.75. The molecule has 26 heavy (non-hydrogen) atoms. The molecule has 7 heteroatoms. The van der Waals surface area contributed by atoms with Crippen molar-refractivity contribution in [1.82, 2.24) is 4.57 Å². The highest BCUT2D eigenvalue weighted by molar-refractivity contribution is 7.16. The van der Waals surface area contributed by atoms with Gasteiger partial charge in [0.2, 0.25) is 0 Å². The smallest absolute Gasteiger partial charge is 0.308 e. The Morgan fingerprint density at radius 1 is 1.12 bits per heavy atom. The van der Waals surface area contributed by atoms with Crippen molar-refractivity contribution >= 4 is 33.1 Å². The summed E-state index contributed by atoms with van der Waals surface area (Å²) in [6, 6.07) is 10.5. The van der Waals surface area contributed by atoms with Gasteiger partial charge in [0, 0.05) is 23.9 Å². The molecule has 2 aromatic carbocycles. The van der Waals surface area contributed by atoms with Gasteiger partial charge in [0.25, 0.3) is 5.91 Å². The van der Waals surface area contributed by atoms with E-state index in [0.717, 1.165) is 16.6 Å². The van der Waals surface area contributed by atoms with E-state index in [0.29, 0.717) is 29.3 Å². The van der Waals surface area contributed by atoms with Crippen molar-refractivity contribution in [3.8, 4) is 11.5 Å². The Balaban J connectivity index is 1.89. The van der Waals surface area contributed by atoms with E-state index in [9.17, 15) is 9.59 Å². The number of hydrogen-bond donors (Lipinski definition) is 1. The van der Waals surface area contributed by atoms with Crippen molar-refractivity contribution in [3.05, 3.63) is 51.6 Å². The molecule has 0 saturated heterocycles. The number of rotatable bonds is 6. The van der Waals surface area contributed by atoms with Crippen LogP contribution in [0.3, 0.4) is 0 Å². The number of anilines is 1. The minimum absolute atomic E-state index is 0.0165. The van der Waals surface area contributed by atoms with Crippen molar-refractivity contribution in [3.63, 3.8) is 0 Å². The Kier molecular flexibility index (Phi) is 5.27. The number of nitrogens with one attached hydrogen (secondary N) is 1. The van der Waals surface area contributed by atoms with Gasteiger partial charge in [-0.15, -0.1) is 0 Å². The molecule has 0 atom stereocenters. The van der Waals surface area contributed by atoms with Gasteiger partial charge in [0.05, 0.1) is 24.4 Å². The first-order valence-electron chi connectivity index (χ1n) is 8.23. The van der Waals surface area contributed by atoms with Crippen LogP contribution >= 0.6 is 11.3 Å². The number of fused-ring (bicyclic) bond motifs is 1. The summed E-state index contributed by atoms with van der Waals surface area (Å²) in [5, 5.41) is 2.86. The Hall–Kier alpha value is -2.80. The molecule has 0 radical (unpaired) electrons. The summed E-state index contributed by atoms with van der Waals surface area (Å²) in [7, 11) is 3.07. The summed E-state index contributed by atoms with van der Waals surface area (Å²) in [4.78, 5) is 24.7. The topological polar surface area (TPSA) is 69.6 Å². The third-order valence-corrected chi connectivity index (χ3v) is 4.93. The van der Waals surface area contributed by atoms with Crippen molar-refractivity contribution in [1.29, 1.82) is 0 Å². The van der Waals surface area contributed by atoms with E-state index in [1.165, 1.54) is 25.6 Å². The quantitative estimate of drug-likeness (QED) is 0.716. The molecule has 0 bridgehead atoms. The largest absolute Gasteiger partial charge is 0.497 e. The van der Waals surface area contributed by atoms with Gasteiger partial charge in [0.15, 0.2) is 0 Å². The summed E-state index contributed by atoms with van der Waals surface area (Å²) in [6.45, 7) is 2.72. The summed E-state index contributed by atoms with van der Waals surface area (Å²) < 4.78 is 13.0. The molecule has 1 amide bonds. The molecule has 136 valence electrons. The van der Waals surface area contributed by atoms with Crippen molar-refractivity contribution in [2.24, 2.45) is 0 Å². The molecule has 1 N–H and O–H groups in total. The van der Waals surface area contributed by atoms with Crippen LogP contribution in [0.2, 0.25) is 0 Å². The highest BCUT2D eigenvalue weighted by Crippen LogP contribution is 2.25. The van der Waals surface area contributed by atoms with E-state index >= 15 is 0 Å². The van der Waals surface area contributed by atoms with Gasteiger partial charge >= 0.3 is 4.87 Å². The van der Waals surface area contributed by atoms with Crippen LogP contribution in [0.4, 0.5) is 5.69 Å². The van der Waals surface area contributed by atoms with Gasteiger partial charge in [0.1, 0.15) is 11.5 Å². The minimum atomic E-state index is -0.276. The SMILES string of the molecule is CCCn1c(=O)sc2cc(NC(=O)c3cc(OC)cc(OC)c3)ccc21. The number of benzene rings is 2. The lowest BCUT2D eigenvalue weighted by Crippen LogP contribution is -2.13. The predicted molar refractivity (Wildman–Crippen MR) is 104 cm³/mol. The van der Waals surface area contributed by atoms with Crippen LogP contribution in [0.1, 0.15) is 23.7 Å². The Morgan fingerprint density at radius 3 is 2.42 bits per heavy atom. The van der Waals surface area contributed by atoms with Gasteiger partial charge in [-0.25, -0.2) is 0 Å². The van der Waals surface area contributed by atoms with Crippen LogP contribution in [0, 0.1) is 0 Å². The first-order chi connectivity index (χ1) is 12.5. The van der Waals surface area contributed by atoms with Crippen LogP contribution < -0.4 is 19.7 Å². The van der Waals surface area contributed by atoms with E-state index in [1.807, 2.05) is 19.1 Å². The van der Waals surface area contributed by atoms with Crippen LogP contribution in [0.15, 0.2) is 41.2 Å². The van der Waals surface area contributed by atoms with E-state index in [2.05, 4.69) is 5.32 Å². The third-order valence-electron chi connectivity index (χ3n) is 3.99. The number of aromatic nitrogens is 1. The molecule has 0 unspecified atom stereocenters. The Bertz CT molecular complexity index is 984. The van der Waals surface area contributed by atoms with E-state index in [1.54, 1.807) is 28.8 Å². The monoisotopic (exact) mass is 372 g/mol. The molecule has 0 aliphatic carbocycles. The number of thiazole rings is 1. The maximum Gasteiger partial charge on any atom is 0.308 e. The molecule has 0 spiro atoms. The molecule has 6 nitrogen and oxygen atoms in total. The lowest BCUT2D eigenvalue weighted by molar-refractivity contribution is 0.102. The molecule has 1 aromatic heterocycles. The summed E-state index contributed by atoms with van der Waals surface area (Å²) in [5.74, 6) is 0.807. The summed E-state index contributed by atoms with van der Waals surface area (Å²) >= 11 is 1.18. The average molecular weight is 372 g/mol. The highest BCUT2D eigenvalue weighted by Gasteiger charge is 2.12. The van der Waals surface area contributed by atoms with Gasteiger partial charge in [-0.1, -0.05) is 18.3 Å². The molecule has 0 saturated carbocycles. The van der Waals surface area contributed by atoms with E-state index in [4.69, 9.17) is 9.47 Å². The Labute approximate surface area is 155 Å². The molecule has 0 fully saturated rings. The van der Waals surface area contributed by atoms with Crippen molar-refractivity contribution < 1.29 is 14.3 Å². The maximum absolute atomic E-state index is 12.6. The number of ether oxygens (including phenoxy) is 2. The van der Waals surface area contributed by atoms with Crippen molar-refractivity contribution in [2.75, 3.05) is 19.5 Å². The number of methoxy groups -OCH3 is 2. The lowest BCUT2D eigenvalue weighted by atomic mass is 10.1. The number of amides is 1. The normalized spacial score (nSPS) is 10.7. The molecule has 0 aliphatic heterocycles. The van der Waals surface area contributed by atoms with E-state index in [-0.39, 0.29) is 10.8 Å². The number of carbonyl (C=O) groups is 1. The molecule has 3 aromatic rings. The molecule has 1 heterocycles. The highest BCUT2D eigenvalue weighted by atomic mass is 32.1. The zero-order valence-electron chi connectivity index (χ0n) is 14.9. The first-order valence-corrected chi connectivity index (χ1v) is 9.05. The summed E-state index contributed by atoms with van der Waals surface area (Å²) in [5.41, 5.74) is 1.95. The fourth-order valence-corrected chi connectivity index (χ4v) is 3.68. The lowest BCUT2D eigenvalue weighted by Gasteiger charge is -2.09. The first kappa shape index (κ1) is 18.0. The predicted octanol–water partition coefficient (Wildman–Crippen LogP) is 3.74. The fourth-order valence-electron chi connectivity index (χ4n) is 2.72. The molecular weight excluding hydrogens is 352 g/mol. The Morgan fingerprint density at radius 2 is 1.81 bits per heavy atom. The minimum Gasteiger partial charge on any atom is -0.497 e. The third kappa shape index (κ3) is 3.57. The second-order valence-electron chi connectivity index (χ2n) is 5.76. The fraction of sp³-hybridized carbons (Fsp3) is 0.263. The van der Waals surface area contributed by atoms with Crippen LogP contribution in [-0.2, 0) is 6.54 Å². The second kappa shape index (κ2) is 7.61. The van der Waals surface area contributed by atoms with Gasteiger partial charge < -0.3 is 14.8 Å². The van der Waals surface area contributed by atoms with Crippen LogP contribution in [0.25, 0.3) is 10.2 Å². The van der Waals surface area contributed by atoms with Crippen LogP contribution in [-0.4, -0.2) is 24.7 Å². The molecular formula is C19H20N2O4S.